The molecule has 0 spiro atoms. The van der Waals surface area contributed by atoms with Gasteiger partial charge in [0.05, 0.1) is 23.2 Å². The molecular weight excluding hydrogens is 398 g/mol. The summed E-state index contributed by atoms with van der Waals surface area (Å²) in [6, 6.07) is 12.3. The third-order valence-electron chi connectivity index (χ3n) is 4.43. The molecule has 1 aliphatic heterocycles. The van der Waals surface area contributed by atoms with Gasteiger partial charge in [0.1, 0.15) is 0 Å². The van der Waals surface area contributed by atoms with E-state index in [-0.39, 0.29) is 24.1 Å². The molecule has 8 heteroatoms. The van der Waals surface area contributed by atoms with Crippen LogP contribution in [0.1, 0.15) is 26.3 Å². The fourth-order valence-electron chi connectivity index (χ4n) is 3.07. The maximum absolute atomic E-state index is 12.5. The molecule has 3 aromatic rings. The van der Waals surface area contributed by atoms with Gasteiger partial charge in [0.25, 0.3) is 11.8 Å². The van der Waals surface area contributed by atoms with Crippen molar-refractivity contribution in [1.29, 1.82) is 0 Å². The van der Waals surface area contributed by atoms with Crippen LogP contribution in [-0.4, -0.2) is 34.7 Å². The maximum atomic E-state index is 12.5. The normalized spacial score (nSPS) is 13.0. The molecule has 3 amide bonds. The van der Waals surface area contributed by atoms with Crippen molar-refractivity contribution in [3.8, 4) is 11.3 Å². The Morgan fingerprint density at radius 3 is 2.75 bits per heavy atom. The number of aromatic nitrogens is 1. The van der Waals surface area contributed by atoms with Crippen LogP contribution in [0.15, 0.2) is 47.8 Å². The number of hydrogen-bond donors (Lipinski definition) is 1. The standard InChI is InChI=1S/C20H14ClN3O3S/c1-24-18(26)14-7-3-5-12(17(14)19(24)27)9-16(25)23-20-22-15(10-28-20)11-4-2-6-13(21)8-11/h2-8,10H,9H2,1H3,(H,22,23,25). The molecule has 1 N–H and O–H groups in total. The topological polar surface area (TPSA) is 79.4 Å². The molecule has 1 aliphatic rings. The van der Waals surface area contributed by atoms with Gasteiger partial charge in [-0.1, -0.05) is 35.9 Å². The van der Waals surface area contributed by atoms with Crippen molar-refractivity contribution in [3.63, 3.8) is 0 Å². The lowest BCUT2D eigenvalue weighted by Gasteiger charge is -2.07. The summed E-state index contributed by atoms with van der Waals surface area (Å²) < 4.78 is 0. The Labute approximate surface area is 169 Å². The zero-order valence-corrected chi connectivity index (χ0v) is 16.3. The number of amides is 3. The minimum atomic E-state index is -0.388. The van der Waals surface area contributed by atoms with Crippen LogP contribution >= 0.6 is 22.9 Å². The number of carbonyl (C=O) groups is 3. The van der Waals surface area contributed by atoms with E-state index in [1.165, 1.54) is 18.4 Å². The van der Waals surface area contributed by atoms with E-state index in [1.54, 1.807) is 30.3 Å². The molecule has 0 aliphatic carbocycles. The zero-order valence-electron chi connectivity index (χ0n) is 14.7. The van der Waals surface area contributed by atoms with E-state index in [9.17, 15) is 14.4 Å². The number of fused-ring (bicyclic) bond motifs is 1. The van der Waals surface area contributed by atoms with Gasteiger partial charge in [0.2, 0.25) is 5.91 Å². The molecule has 1 aromatic heterocycles. The van der Waals surface area contributed by atoms with E-state index < -0.39 is 0 Å². The van der Waals surface area contributed by atoms with E-state index >= 15 is 0 Å². The fourth-order valence-corrected chi connectivity index (χ4v) is 3.99. The highest BCUT2D eigenvalue weighted by atomic mass is 35.5. The molecule has 0 fully saturated rings. The Morgan fingerprint density at radius 2 is 1.96 bits per heavy atom. The highest BCUT2D eigenvalue weighted by Crippen LogP contribution is 2.28. The van der Waals surface area contributed by atoms with Gasteiger partial charge in [0, 0.05) is 23.0 Å². The van der Waals surface area contributed by atoms with E-state index in [1.807, 2.05) is 17.5 Å². The molecule has 0 saturated heterocycles. The molecule has 140 valence electrons. The van der Waals surface area contributed by atoms with Gasteiger partial charge in [-0.15, -0.1) is 11.3 Å². The smallest absolute Gasteiger partial charge is 0.261 e. The number of benzene rings is 2. The van der Waals surface area contributed by atoms with Crippen molar-refractivity contribution in [1.82, 2.24) is 9.88 Å². The van der Waals surface area contributed by atoms with Gasteiger partial charge in [-0.2, -0.15) is 0 Å². The van der Waals surface area contributed by atoms with Crippen molar-refractivity contribution >= 4 is 45.8 Å². The quantitative estimate of drug-likeness (QED) is 0.661. The minimum absolute atomic E-state index is 0.0257. The molecule has 0 radical (unpaired) electrons. The lowest BCUT2D eigenvalue weighted by molar-refractivity contribution is -0.115. The number of thiazole rings is 1. The Bertz CT molecular complexity index is 1130. The van der Waals surface area contributed by atoms with E-state index in [2.05, 4.69) is 10.3 Å². The maximum Gasteiger partial charge on any atom is 0.261 e. The first-order valence-corrected chi connectivity index (χ1v) is 9.65. The second-order valence-electron chi connectivity index (χ2n) is 6.28. The number of carbonyl (C=O) groups excluding carboxylic acids is 3. The molecule has 6 nitrogen and oxygen atoms in total. The van der Waals surface area contributed by atoms with Gasteiger partial charge >= 0.3 is 0 Å². The Hall–Kier alpha value is -3.03. The minimum Gasteiger partial charge on any atom is -0.302 e. The predicted molar refractivity (Wildman–Crippen MR) is 108 cm³/mol. The third kappa shape index (κ3) is 3.30. The number of halogens is 1. The van der Waals surface area contributed by atoms with Gasteiger partial charge in [0.15, 0.2) is 5.13 Å². The number of imide groups is 1. The zero-order chi connectivity index (χ0) is 19.8. The SMILES string of the molecule is CN1C(=O)c2cccc(CC(=O)Nc3nc(-c4cccc(Cl)c4)cs3)c2C1=O. The van der Waals surface area contributed by atoms with Crippen LogP contribution in [-0.2, 0) is 11.2 Å². The van der Waals surface area contributed by atoms with Crippen LogP contribution in [0.3, 0.4) is 0 Å². The molecule has 4 rings (SSSR count). The van der Waals surface area contributed by atoms with Gasteiger partial charge in [-0.25, -0.2) is 4.98 Å². The summed E-state index contributed by atoms with van der Waals surface area (Å²) >= 11 is 7.31. The summed E-state index contributed by atoms with van der Waals surface area (Å²) in [4.78, 5) is 42.3. The molecule has 0 bridgehead atoms. The number of nitrogens with one attached hydrogen (secondary N) is 1. The number of nitrogens with zero attached hydrogens (tertiary/aromatic N) is 2. The number of anilines is 1. The molecule has 28 heavy (non-hydrogen) atoms. The lowest BCUT2D eigenvalue weighted by atomic mass is 10.00. The lowest BCUT2D eigenvalue weighted by Crippen LogP contribution is -2.24. The molecular formula is C20H14ClN3O3S. The second-order valence-corrected chi connectivity index (χ2v) is 7.58. The van der Waals surface area contributed by atoms with Gasteiger partial charge in [-0.3, -0.25) is 19.3 Å². The van der Waals surface area contributed by atoms with Crippen LogP contribution < -0.4 is 5.32 Å². The number of rotatable bonds is 4. The molecule has 2 aromatic carbocycles. The van der Waals surface area contributed by atoms with Crippen molar-refractivity contribution < 1.29 is 14.4 Å². The summed E-state index contributed by atoms with van der Waals surface area (Å²) in [7, 11) is 1.43. The number of hydrogen-bond acceptors (Lipinski definition) is 5. The van der Waals surface area contributed by atoms with E-state index in [4.69, 9.17) is 11.6 Å². The largest absolute Gasteiger partial charge is 0.302 e. The van der Waals surface area contributed by atoms with Crippen molar-refractivity contribution in [2.75, 3.05) is 12.4 Å². The van der Waals surface area contributed by atoms with Gasteiger partial charge in [-0.05, 0) is 23.8 Å². The van der Waals surface area contributed by atoms with Crippen LogP contribution in [0.4, 0.5) is 5.13 Å². The van der Waals surface area contributed by atoms with Crippen LogP contribution in [0.25, 0.3) is 11.3 Å². The van der Waals surface area contributed by atoms with Crippen molar-refractivity contribution in [2.45, 2.75) is 6.42 Å². The third-order valence-corrected chi connectivity index (χ3v) is 5.42. The van der Waals surface area contributed by atoms with Gasteiger partial charge < -0.3 is 5.32 Å². The van der Waals surface area contributed by atoms with Crippen LogP contribution in [0.2, 0.25) is 5.02 Å². The van der Waals surface area contributed by atoms with Crippen molar-refractivity contribution in [2.24, 2.45) is 0 Å². The monoisotopic (exact) mass is 411 g/mol. The summed E-state index contributed by atoms with van der Waals surface area (Å²) in [5.41, 5.74) is 2.71. The first kappa shape index (κ1) is 18.3. The molecule has 0 saturated carbocycles. The summed E-state index contributed by atoms with van der Waals surface area (Å²) in [6.07, 6.45) is -0.0257. The average Bonchev–Trinajstić information content (AvgIpc) is 3.22. The molecule has 0 atom stereocenters. The van der Waals surface area contributed by atoms with E-state index in [0.717, 1.165) is 10.5 Å². The summed E-state index contributed by atoms with van der Waals surface area (Å²) in [6.45, 7) is 0. The summed E-state index contributed by atoms with van der Waals surface area (Å²) in [5, 5.41) is 5.64. The second kappa shape index (κ2) is 7.18. The van der Waals surface area contributed by atoms with Crippen molar-refractivity contribution in [3.05, 3.63) is 69.6 Å². The Kier molecular flexibility index (Phi) is 4.70. The highest BCUT2D eigenvalue weighted by Gasteiger charge is 2.34. The average molecular weight is 412 g/mol. The Balaban J connectivity index is 1.51. The first-order chi connectivity index (χ1) is 13.4. The first-order valence-electron chi connectivity index (χ1n) is 8.39. The predicted octanol–water partition coefficient (Wildman–Crippen LogP) is 3.87. The van der Waals surface area contributed by atoms with Crippen LogP contribution in [0, 0.1) is 0 Å². The summed E-state index contributed by atoms with van der Waals surface area (Å²) in [5.74, 6) is -1.05. The fraction of sp³-hybridized carbons (Fsp3) is 0.100. The highest BCUT2D eigenvalue weighted by molar-refractivity contribution is 7.14. The van der Waals surface area contributed by atoms with Crippen LogP contribution in [0.5, 0.6) is 0 Å². The Morgan fingerprint density at radius 1 is 1.18 bits per heavy atom. The molecule has 2 heterocycles. The van der Waals surface area contributed by atoms with E-state index in [0.29, 0.717) is 32.5 Å². The molecule has 0 unspecified atom stereocenters.